The molecule has 1 unspecified atom stereocenters. The van der Waals surface area contributed by atoms with E-state index in [0.717, 1.165) is 10.9 Å². The Morgan fingerprint density at radius 2 is 2.14 bits per heavy atom. The van der Waals surface area contributed by atoms with Crippen molar-refractivity contribution >= 4 is 15.9 Å². The van der Waals surface area contributed by atoms with Crippen LogP contribution < -0.4 is 5.73 Å². The van der Waals surface area contributed by atoms with Crippen molar-refractivity contribution in [3.05, 3.63) is 34.1 Å². The maximum absolute atomic E-state index is 13.4. The highest BCUT2D eigenvalue weighted by Gasteiger charge is 2.18. The molecule has 1 rings (SSSR count). The van der Waals surface area contributed by atoms with Crippen molar-refractivity contribution in [2.75, 3.05) is 0 Å². The summed E-state index contributed by atoms with van der Waals surface area (Å²) in [5, 5.41) is 0. The Labute approximate surface area is 92.6 Å². The van der Waals surface area contributed by atoms with E-state index in [2.05, 4.69) is 15.9 Å². The summed E-state index contributed by atoms with van der Waals surface area (Å²) in [6, 6.07) is 4.94. The van der Waals surface area contributed by atoms with E-state index in [1.807, 2.05) is 13.8 Å². The third-order valence-corrected chi connectivity index (χ3v) is 2.90. The summed E-state index contributed by atoms with van der Waals surface area (Å²) < 4.78 is 14.2. The molecule has 0 bridgehead atoms. The normalized spacial score (nSPS) is 15.2. The predicted octanol–water partition coefficient (Wildman–Crippen LogP) is 3.26. The zero-order chi connectivity index (χ0) is 10.8. The first kappa shape index (κ1) is 11.7. The second-order valence-corrected chi connectivity index (χ2v) is 4.84. The lowest BCUT2D eigenvalue weighted by molar-refractivity contribution is 0.439. The fraction of sp³-hybridized carbons (Fsp3) is 0.455. The second-order valence-electron chi connectivity index (χ2n) is 3.92. The molecule has 0 radical (unpaired) electrons. The summed E-state index contributed by atoms with van der Waals surface area (Å²) in [6.07, 6.45) is 1.40. The van der Waals surface area contributed by atoms with Crippen molar-refractivity contribution in [3.8, 4) is 0 Å². The van der Waals surface area contributed by atoms with Gasteiger partial charge in [0.1, 0.15) is 5.82 Å². The molecule has 0 aromatic heterocycles. The van der Waals surface area contributed by atoms with Crippen LogP contribution in [0.1, 0.15) is 25.8 Å². The third-order valence-electron chi connectivity index (χ3n) is 2.41. The Hall–Kier alpha value is -0.410. The lowest BCUT2D eigenvalue weighted by Gasteiger charge is -2.22. The molecular weight excluding hydrogens is 245 g/mol. The molecule has 1 atom stereocenters. The molecule has 3 heteroatoms. The van der Waals surface area contributed by atoms with Crippen LogP contribution in [0.15, 0.2) is 22.7 Å². The lowest BCUT2D eigenvalue weighted by atomic mass is 9.91. The van der Waals surface area contributed by atoms with E-state index in [1.165, 1.54) is 6.07 Å². The molecule has 1 nitrogen and oxygen atoms in total. The van der Waals surface area contributed by atoms with Crippen LogP contribution in [0.2, 0.25) is 0 Å². The molecule has 0 saturated heterocycles. The minimum Gasteiger partial charge on any atom is -0.325 e. The number of benzene rings is 1. The van der Waals surface area contributed by atoms with Crippen LogP contribution in [-0.4, -0.2) is 5.54 Å². The maximum Gasteiger partial charge on any atom is 0.126 e. The van der Waals surface area contributed by atoms with Gasteiger partial charge >= 0.3 is 0 Å². The summed E-state index contributed by atoms with van der Waals surface area (Å²) in [5.41, 5.74) is 6.33. The van der Waals surface area contributed by atoms with Gasteiger partial charge in [-0.25, -0.2) is 4.39 Å². The lowest BCUT2D eigenvalue weighted by Crippen LogP contribution is -2.37. The molecule has 0 saturated carbocycles. The molecule has 14 heavy (non-hydrogen) atoms. The molecule has 78 valence electrons. The molecule has 2 N–H and O–H groups in total. The standard InChI is InChI=1S/C11H15BrFN/c1-3-11(2,14)7-8-6-9(12)4-5-10(8)13/h4-6H,3,7,14H2,1-2H3. The quantitative estimate of drug-likeness (QED) is 0.886. The average Bonchev–Trinajstić information content (AvgIpc) is 2.11. The molecule has 0 amide bonds. The number of hydrogen-bond acceptors (Lipinski definition) is 1. The minimum absolute atomic E-state index is 0.182. The topological polar surface area (TPSA) is 26.0 Å². The fourth-order valence-electron chi connectivity index (χ4n) is 1.24. The van der Waals surface area contributed by atoms with Crippen LogP contribution in [0.5, 0.6) is 0 Å². The van der Waals surface area contributed by atoms with E-state index >= 15 is 0 Å². The summed E-state index contributed by atoms with van der Waals surface area (Å²) in [6.45, 7) is 3.95. The Morgan fingerprint density at radius 1 is 1.50 bits per heavy atom. The van der Waals surface area contributed by atoms with E-state index in [4.69, 9.17) is 5.73 Å². The molecule has 0 aliphatic rings. The summed E-state index contributed by atoms with van der Waals surface area (Å²) in [5.74, 6) is -0.182. The van der Waals surface area contributed by atoms with E-state index in [9.17, 15) is 4.39 Å². The molecule has 0 spiro atoms. The zero-order valence-electron chi connectivity index (χ0n) is 8.48. The Balaban J connectivity index is 2.91. The third kappa shape index (κ3) is 3.07. The van der Waals surface area contributed by atoms with Gasteiger partial charge in [0, 0.05) is 10.0 Å². The van der Waals surface area contributed by atoms with E-state index in [0.29, 0.717) is 12.0 Å². The highest BCUT2D eigenvalue weighted by atomic mass is 79.9. The zero-order valence-corrected chi connectivity index (χ0v) is 10.1. The highest BCUT2D eigenvalue weighted by Crippen LogP contribution is 2.20. The fourth-order valence-corrected chi connectivity index (χ4v) is 1.65. The van der Waals surface area contributed by atoms with Crippen LogP contribution in [0.25, 0.3) is 0 Å². The van der Waals surface area contributed by atoms with Crippen LogP contribution in [-0.2, 0) is 6.42 Å². The van der Waals surface area contributed by atoms with Gasteiger partial charge in [0.15, 0.2) is 0 Å². The van der Waals surface area contributed by atoms with Crippen LogP contribution in [0.3, 0.4) is 0 Å². The van der Waals surface area contributed by atoms with Gasteiger partial charge in [-0.2, -0.15) is 0 Å². The van der Waals surface area contributed by atoms with Crippen molar-refractivity contribution in [2.24, 2.45) is 5.73 Å². The van der Waals surface area contributed by atoms with Gasteiger partial charge in [0.2, 0.25) is 0 Å². The molecule has 0 fully saturated rings. The number of rotatable bonds is 3. The predicted molar refractivity (Wildman–Crippen MR) is 60.7 cm³/mol. The minimum atomic E-state index is -0.332. The molecule has 0 aliphatic heterocycles. The maximum atomic E-state index is 13.4. The molecule has 1 aromatic rings. The number of hydrogen-bond donors (Lipinski definition) is 1. The van der Waals surface area contributed by atoms with E-state index in [1.54, 1.807) is 12.1 Å². The van der Waals surface area contributed by atoms with Crippen LogP contribution in [0, 0.1) is 5.82 Å². The largest absolute Gasteiger partial charge is 0.325 e. The monoisotopic (exact) mass is 259 g/mol. The highest BCUT2D eigenvalue weighted by molar-refractivity contribution is 9.10. The van der Waals surface area contributed by atoms with Gasteiger partial charge in [-0.05, 0) is 43.5 Å². The Bertz CT molecular complexity index is 323. The molecule has 0 aliphatic carbocycles. The van der Waals surface area contributed by atoms with E-state index < -0.39 is 0 Å². The van der Waals surface area contributed by atoms with Gasteiger partial charge in [0.05, 0.1) is 0 Å². The SMILES string of the molecule is CCC(C)(N)Cc1cc(Br)ccc1F. The first-order chi connectivity index (χ1) is 6.44. The van der Waals surface area contributed by atoms with Crippen molar-refractivity contribution in [2.45, 2.75) is 32.2 Å². The average molecular weight is 260 g/mol. The van der Waals surface area contributed by atoms with Crippen LogP contribution in [0.4, 0.5) is 4.39 Å². The summed E-state index contributed by atoms with van der Waals surface area (Å²) in [4.78, 5) is 0. The second kappa shape index (κ2) is 4.41. The molecular formula is C11H15BrFN. The first-order valence-corrected chi connectivity index (χ1v) is 5.47. The smallest absolute Gasteiger partial charge is 0.126 e. The van der Waals surface area contributed by atoms with Crippen molar-refractivity contribution < 1.29 is 4.39 Å². The molecule has 0 heterocycles. The van der Waals surface area contributed by atoms with Gasteiger partial charge < -0.3 is 5.73 Å². The first-order valence-electron chi connectivity index (χ1n) is 4.67. The van der Waals surface area contributed by atoms with Gasteiger partial charge in [-0.1, -0.05) is 22.9 Å². The number of halogens is 2. The summed E-state index contributed by atoms with van der Waals surface area (Å²) in [7, 11) is 0. The van der Waals surface area contributed by atoms with Crippen molar-refractivity contribution in [1.29, 1.82) is 0 Å². The van der Waals surface area contributed by atoms with Gasteiger partial charge in [-0.15, -0.1) is 0 Å². The van der Waals surface area contributed by atoms with E-state index in [-0.39, 0.29) is 11.4 Å². The summed E-state index contributed by atoms with van der Waals surface area (Å²) >= 11 is 3.32. The number of nitrogens with two attached hydrogens (primary N) is 1. The Morgan fingerprint density at radius 3 is 2.71 bits per heavy atom. The van der Waals surface area contributed by atoms with Crippen molar-refractivity contribution in [3.63, 3.8) is 0 Å². The Kier molecular flexibility index (Phi) is 3.67. The van der Waals surface area contributed by atoms with Crippen molar-refractivity contribution in [1.82, 2.24) is 0 Å². The van der Waals surface area contributed by atoms with Gasteiger partial charge in [-0.3, -0.25) is 0 Å². The van der Waals surface area contributed by atoms with Crippen LogP contribution >= 0.6 is 15.9 Å². The molecule has 1 aromatic carbocycles. The van der Waals surface area contributed by atoms with Gasteiger partial charge in [0.25, 0.3) is 0 Å².